The van der Waals surface area contributed by atoms with Gasteiger partial charge < -0.3 is 14.2 Å². The molecule has 4 nitrogen and oxygen atoms in total. The van der Waals surface area contributed by atoms with Gasteiger partial charge in [0.1, 0.15) is 0 Å². The van der Waals surface area contributed by atoms with E-state index in [-0.39, 0.29) is 0 Å². The van der Waals surface area contributed by atoms with Crippen LogP contribution in [-0.2, 0) is 0 Å². The number of nitrogens with one attached hydrogen (secondary N) is 1. The van der Waals surface area contributed by atoms with Crippen molar-refractivity contribution in [1.29, 1.82) is 0 Å². The van der Waals surface area contributed by atoms with E-state index in [4.69, 9.17) is 9.22 Å². The van der Waals surface area contributed by atoms with E-state index in [0.29, 0.717) is 10.7 Å². The molecular formula is C4H4N2O2SSi. The second kappa shape index (κ2) is 3.45. The first-order valence-electron chi connectivity index (χ1n) is 2.44. The quantitative estimate of drug-likeness (QED) is 0.488. The van der Waals surface area contributed by atoms with Gasteiger partial charge in [0.2, 0.25) is 0 Å². The number of rotatable bonds is 2. The van der Waals surface area contributed by atoms with E-state index in [1.807, 2.05) is 0 Å². The highest BCUT2D eigenvalue weighted by molar-refractivity contribution is 7.71. The SMILES string of the molecule is O[Si]Oc1ccnc(=S)[nH]1. The molecule has 0 saturated carbocycles. The van der Waals surface area contributed by atoms with Gasteiger partial charge in [-0.25, -0.2) is 4.98 Å². The molecule has 1 aromatic heterocycles. The predicted molar refractivity (Wildman–Crippen MR) is 38.0 cm³/mol. The summed E-state index contributed by atoms with van der Waals surface area (Å²) in [6.45, 7) is 0. The summed E-state index contributed by atoms with van der Waals surface area (Å²) in [6.07, 6.45) is 1.51. The van der Waals surface area contributed by atoms with Crippen LogP contribution in [0.4, 0.5) is 0 Å². The Balaban J connectivity index is 2.85. The number of hydrogen-bond acceptors (Lipinski definition) is 4. The van der Waals surface area contributed by atoms with Crippen LogP contribution in [0.15, 0.2) is 12.3 Å². The number of nitrogens with zero attached hydrogens (tertiary/aromatic N) is 1. The molecule has 0 fully saturated rings. The van der Waals surface area contributed by atoms with Crippen molar-refractivity contribution in [2.45, 2.75) is 0 Å². The van der Waals surface area contributed by atoms with Crippen LogP contribution in [0.5, 0.6) is 5.88 Å². The number of aromatic amines is 1. The zero-order valence-corrected chi connectivity index (χ0v) is 6.68. The Morgan fingerprint density at radius 3 is 3.20 bits per heavy atom. The Bertz CT molecular complexity index is 263. The summed E-state index contributed by atoms with van der Waals surface area (Å²) in [5.41, 5.74) is 0. The molecule has 1 aromatic rings. The molecule has 52 valence electrons. The average Bonchev–Trinajstić information content (AvgIpc) is 1.88. The fourth-order valence-electron chi connectivity index (χ4n) is 0.461. The molecule has 2 radical (unpaired) electrons. The molecule has 2 N–H and O–H groups in total. The Kier molecular flexibility index (Phi) is 2.55. The molecule has 1 rings (SSSR count). The molecular weight excluding hydrogens is 168 g/mol. The average molecular weight is 172 g/mol. The zero-order chi connectivity index (χ0) is 7.40. The summed E-state index contributed by atoms with van der Waals surface area (Å²) >= 11 is 4.69. The van der Waals surface area contributed by atoms with Crippen molar-refractivity contribution in [2.24, 2.45) is 0 Å². The highest BCUT2D eigenvalue weighted by Crippen LogP contribution is 2.00. The van der Waals surface area contributed by atoms with E-state index in [2.05, 4.69) is 22.2 Å². The summed E-state index contributed by atoms with van der Waals surface area (Å²) in [5, 5.41) is 0. The van der Waals surface area contributed by atoms with Crippen molar-refractivity contribution in [3.05, 3.63) is 17.0 Å². The van der Waals surface area contributed by atoms with Crippen LogP contribution in [0.25, 0.3) is 0 Å². The zero-order valence-electron chi connectivity index (χ0n) is 4.87. The Morgan fingerprint density at radius 1 is 1.80 bits per heavy atom. The van der Waals surface area contributed by atoms with Crippen molar-refractivity contribution in [3.8, 4) is 5.88 Å². The highest BCUT2D eigenvalue weighted by Gasteiger charge is 1.90. The van der Waals surface area contributed by atoms with Gasteiger partial charge in [-0.1, -0.05) is 0 Å². The minimum atomic E-state index is -0.574. The van der Waals surface area contributed by atoms with Gasteiger partial charge in [0.15, 0.2) is 10.7 Å². The first-order chi connectivity index (χ1) is 4.83. The predicted octanol–water partition coefficient (Wildman–Crippen LogP) is 0.0445. The molecule has 0 saturated heterocycles. The number of hydrogen-bond donors (Lipinski definition) is 2. The first-order valence-corrected chi connectivity index (χ1v) is 3.70. The van der Waals surface area contributed by atoms with Crippen LogP contribution in [0.3, 0.4) is 0 Å². The van der Waals surface area contributed by atoms with Gasteiger partial charge in [0.05, 0.1) is 0 Å². The molecule has 0 aliphatic rings. The van der Waals surface area contributed by atoms with E-state index in [9.17, 15) is 0 Å². The summed E-state index contributed by atoms with van der Waals surface area (Å²) in [5.74, 6) is 0.431. The third kappa shape index (κ3) is 1.90. The fourth-order valence-corrected chi connectivity index (χ4v) is 0.840. The molecule has 0 unspecified atom stereocenters. The van der Waals surface area contributed by atoms with Crippen molar-refractivity contribution >= 4 is 22.2 Å². The highest BCUT2D eigenvalue weighted by atomic mass is 32.1. The standard InChI is InChI=1S/C4H4N2O2SSi/c7-10-8-3-1-2-5-4(9)6-3/h1-2,7H,(H,5,6,9). The molecule has 0 aliphatic heterocycles. The van der Waals surface area contributed by atoms with Gasteiger partial charge in [0.25, 0.3) is 0 Å². The van der Waals surface area contributed by atoms with Crippen LogP contribution in [0.1, 0.15) is 0 Å². The molecule has 0 bridgehead atoms. The number of H-pyrrole nitrogens is 1. The lowest BCUT2D eigenvalue weighted by molar-refractivity contribution is 0.442. The molecule has 0 aromatic carbocycles. The monoisotopic (exact) mass is 172 g/mol. The molecule has 0 amide bonds. The third-order valence-electron chi connectivity index (χ3n) is 0.803. The van der Waals surface area contributed by atoms with E-state index in [1.54, 1.807) is 6.07 Å². The maximum atomic E-state index is 8.34. The van der Waals surface area contributed by atoms with E-state index in [0.717, 1.165) is 0 Å². The van der Waals surface area contributed by atoms with Crippen LogP contribution in [0.2, 0.25) is 0 Å². The Morgan fingerprint density at radius 2 is 2.60 bits per heavy atom. The maximum absolute atomic E-state index is 8.34. The second-order valence-electron chi connectivity index (χ2n) is 1.43. The van der Waals surface area contributed by atoms with Crippen molar-refractivity contribution in [2.75, 3.05) is 0 Å². The summed E-state index contributed by atoms with van der Waals surface area (Å²) in [4.78, 5) is 14.7. The third-order valence-corrected chi connectivity index (χ3v) is 1.32. The van der Waals surface area contributed by atoms with E-state index < -0.39 is 10.0 Å². The molecule has 0 aliphatic carbocycles. The van der Waals surface area contributed by atoms with Gasteiger partial charge in [-0.3, -0.25) is 0 Å². The lowest BCUT2D eigenvalue weighted by Gasteiger charge is -1.97. The largest absolute Gasteiger partial charge is 0.519 e. The first kappa shape index (κ1) is 7.38. The van der Waals surface area contributed by atoms with Gasteiger partial charge in [-0.2, -0.15) is 0 Å². The van der Waals surface area contributed by atoms with Gasteiger partial charge in [-0.15, -0.1) is 0 Å². The van der Waals surface area contributed by atoms with Gasteiger partial charge in [0, 0.05) is 12.3 Å². The van der Waals surface area contributed by atoms with Crippen LogP contribution >= 0.6 is 12.2 Å². The smallest absolute Gasteiger partial charge is 0.505 e. The molecule has 1 heterocycles. The topological polar surface area (TPSA) is 58.1 Å². The second-order valence-corrected chi connectivity index (χ2v) is 2.21. The van der Waals surface area contributed by atoms with Crippen molar-refractivity contribution in [1.82, 2.24) is 9.97 Å². The molecule has 0 atom stereocenters. The van der Waals surface area contributed by atoms with Crippen molar-refractivity contribution in [3.63, 3.8) is 0 Å². The molecule has 0 spiro atoms. The van der Waals surface area contributed by atoms with Crippen LogP contribution in [-0.4, -0.2) is 24.8 Å². The summed E-state index contributed by atoms with van der Waals surface area (Å²) < 4.78 is 5.05. The minimum absolute atomic E-state index is 0.343. The Hall–Kier alpha value is -0.723. The summed E-state index contributed by atoms with van der Waals surface area (Å²) in [7, 11) is -0.574. The fraction of sp³-hybridized carbons (Fsp3) is 0. The van der Waals surface area contributed by atoms with E-state index >= 15 is 0 Å². The minimum Gasteiger partial charge on any atom is -0.505 e. The molecule has 6 heteroatoms. The lowest BCUT2D eigenvalue weighted by atomic mass is 10.6. The normalized spacial score (nSPS) is 9.30. The van der Waals surface area contributed by atoms with Gasteiger partial charge in [-0.05, 0) is 12.2 Å². The lowest BCUT2D eigenvalue weighted by Crippen LogP contribution is -2.01. The van der Waals surface area contributed by atoms with Gasteiger partial charge >= 0.3 is 10.0 Å². The summed E-state index contributed by atoms with van der Waals surface area (Å²) in [6, 6.07) is 1.58. The maximum Gasteiger partial charge on any atom is 0.519 e. The number of aromatic nitrogens is 2. The van der Waals surface area contributed by atoms with Crippen LogP contribution < -0.4 is 4.43 Å². The molecule has 10 heavy (non-hydrogen) atoms. The van der Waals surface area contributed by atoms with Crippen LogP contribution in [0, 0.1) is 4.77 Å². The van der Waals surface area contributed by atoms with E-state index in [1.165, 1.54) is 6.20 Å². The Labute approximate surface area is 65.0 Å². The van der Waals surface area contributed by atoms with Crippen molar-refractivity contribution < 1.29 is 9.22 Å².